The van der Waals surface area contributed by atoms with Gasteiger partial charge in [-0.15, -0.1) is 0 Å². The standard InChI is InChI=1S/C9H9.Li/c1-2-8-4-6-9(3-1)7-5-8;/h1-9H;/q;+1. The normalized spacial score (nSPS) is 35.2. The number of hydrogen-bond acceptors (Lipinski definition) is 0. The molecule has 0 aromatic carbocycles. The van der Waals surface area contributed by atoms with Crippen molar-refractivity contribution >= 4 is 0 Å². The fourth-order valence-electron chi connectivity index (χ4n) is 1.22. The zero-order valence-corrected chi connectivity index (χ0v) is 6.20. The van der Waals surface area contributed by atoms with E-state index in [0.29, 0.717) is 11.8 Å². The van der Waals surface area contributed by atoms with E-state index in [0.717, 1.165) is 0 Å². The van der Waals surface area contributed by atoms with Crippen LogP contribution in [0.25, 0.3) is 0 Å². The molecule has 0 saturated carbocycles. The maximum Gasteiger partial charge on any atom is 1.00 e. The molecule has 2 bridgehead atoms. The summed E-state index contributed by atoms with van der Waals surface area (Å²) in [7, 11) is 0. The van der Waals surface area contributed by atoms with Crippen molar-refractivity contribution in [3.63, 3.8) is 0 Å². The van der Waals surface area contributed by atoms with Crippen molar-refractivity contribution in [2.24, 2.45) is 11.8 Å². The van der Waals surface area contributed by atoms with E-state index in [4.69, 9.17) is 0 Å². The van der Waals surface area contributed by atoms with Crippen LogP contribution in [0.3, 0.4) is 0 Å². The Morgan fingerprint density at radius 2 is 1.10 bits per heavy atom. The average molecular weight is 124 g/mol. The molecule has 0 aromatic heterocycles. The van der Waals surface area contributed by atoms with Gasteiger partial charge < -0.3 is 0 Å². The molecule has 0 spiro atoms. The third-order valence-electron chi connectivity index (χ3n) is 1.78. The quantitative estimate of drug-likeness (QED) is 0.286. The monoisotopic (exact) mass is 124 g/mol. The van der Waals surface area contributed by atoms with Gasteiger partial charge in [0.05, 0.1) is 0 Å². The Bertz CT molecular complexity index is 128. The molecule has 1 heteroatoms. The summed E-state index contributed by atoms with van der Waals surface area (Å²) in [6.45, 7) is 0. The minimum atomic E-state index is 0. The van der Waals surface area contributed by atoms with Gasteiger partial charge in [0.1, 0.15) is 0 Å². The van der Waals surface area contributed by atoms with E-state index in [2.05, 4.69) is 43.6 Å². The van der Waals surface area contributed by atoms with Crippen molar-refractivity contribution in [1.82, 2.24) is 0 Å². The van der Waals surface area contributed by atoms with Crippen molar-refractivity contribution in [3.05, 3.63) is 43.6 Å². The molecule has 0 saturated heterocycles. The van der Waals surface area contributed by atoms with Crippen molar-refractivity contribution in [2.75, 3.05) is 0 Å². The molecule has 0 nitrogen and oxygen atoms in total. The van der Waals surface area contributed by atoms with Gasteiger partial charge in [0, 0.05) is 0 Å². The van der Waals surface area contributed by atoms with Crippen molar-refractivity contribution in [3.8, 4) is 0 Å². The molecule has 3 aliphatic carbocycles. The molecule has 3 rings (SSSR count). The first kappa shape index (κ1) is 8.18. The van der Waals surface area contributed by atoms with Gasteiger partial charge in [-0.3, -0.25) is 0 Å². The van der Waals surface area contributed by atoms with Crippen LogP contribution in [-0.2, 0) is 0 Å². The van der Waals surface area contributed by atoms with Gasteiger partial charge in [-0.05, 0) is 31.1 Å². The molecule has 0 N–H and O–H groups in total. The molecule has 3 aliphatic rings. The van der Waals surface area contributed by atoms with Gasteiger partial charge in [0.15, 0.2) is 0 Å². The van der Waals surface area contributed by atoms with Crippen LogP contribution in [0, 0.1) is 31.1 Å². The summed E-state index contributed by atoms with van der Waals surface area (Å²) in [6, 6.07) is 0. The molecule has 0 fully saturated rings. The van der Waals surface area contributed by atoms with E-state index in [1.54, 1.807) is 0 Å². The first-order valence-corrected chi connectivity index (χ1v) is 3.33. The van der Waals surface area contributed by atoms with Crippen LogP contribution >= 0.6 is 0 Å². The largest absolute Gasteiger partial charge is 1.00 e. The Labute approximate surface area is 74.6 Å². The molecule has 45 valence electrons. The smallest absolute Gasteiger partial charge is 0.0807 e. The van der Waals surface area contributed by atoms with E-state index in [1.807, 2.05) is 0 Å². The molecular weight excluding hydrogens is 115 g/mol. The van der Waals surface area contributed by atoms with Gasteiger partial charge >= 0.3 is 18.9 Å². The van der Waals surface area contributed by atoms with E-state index >= 15 is 0 Å². The van der Waals surface area contributed by atoms with E-state index in [1.165, 1.54) is 0 Å². The number of fused-ring (bicyclic) bond motifs is 2. The van der Waals surface area contributed by atoms with Crippen LogP contribution in [0.15, 0.2) is 24.3 Å². The molecule has 0 atom stereocenters. The molecule has 0 heterocycles. The maximum atomic E-state index is 2.24. The summed E-state index contributed by atoms with van der Waals surface area (Å²) >= 11 is 0. The van der Waals surface area contributed by atoms with Gasteiger partial charge in [-0.1, -0.05) is 24.3 Å². The van der Waals surface area contributed by atoms with E-state index in [9.17, 15) is 0 Å². The second-order valence-corrected chi connectivity index (χ2v) is 2.50. The van der Waals surface area contributed by atoms with E-state index < -0.39 is 0 Å². The number of hydrogen-bond donors (Lipinski definition) is 0. The topological polar surface area (TPSA) is 0 Å². The van der Waals surface area contributed by atoms with Crippen LogP contribution < -0.4 is 18.9 Å². The summed E-state index contributed by atoms with van der Waals surface area (Å²) in [6.07, 6.45) is 15.5. The van der Waals surface area contributed by atoms with Crippen molar-refractivity contribution in [1.29, 1.82) is 0 Å². The summed E-state index contributed by atoms with van der Waals surface area (Å²) < 4.78 is 0. The minimum absolute atomic E-state index is 0. The molecular formula is C9H9Li+. The third kappa shape index (κ3) is 1.57. The van der Waals surface area contributed by atoms with Crippen LogP contribution in [0.1, 0.15) is 0 Å². The molecule has 0 amide bonds. The predicted octanol–water partition coefficient (Wildman–Crippen LogP) is -1.02. The van der Waals surface area contributed by atoms with Crippen molar-refractivity contribution < 1.29 is 18.9 Å². The van der Waals surface area contributed by atoms with Crippen molar-refractivity contribution in [2.45, 2.75) is 0 Å². The summed E-state index contributed by atoms with van der Waals surface area (Å²) in [5.41, 5.74) is 0. The second-order valence-electron chi connectivity index (χ2n) is 2.50. The maximum absolute atomic E-state index is 2.24. The third-order valence-corrected chi connectivity index (χ3v) is 1.78. The first-order valence-electron chi connectivity index (χ1n) is 3.33. The fraction of sp³-hybridized carbons (Fsp3) is 0.222. The number of rotatable bonds is 0. The Kier molecular flexibility index (Phi) is 2.83. The second kappa shape index (κ2) is 3.46. The Morgan fingerprint density at radius 3 is 1.50 bits per heavy atom. The fourth-order valence-corrected chi connectivity index (χ4v) is 1.22. The van der Waals surface area contributed by atoms with Gasteiger partial charge in [-0.25, -0.2) is 0 Å². The minimum Gasteiger partial charge on any atom is -0.0807 e. The Morgan fingerprint density at radius 1 is 0.700 bits per heavy atom. The zero-order chi connectivity index (χ0) is 6.10. The average Bonchev–Trinajstić information content (AvgIpc) is 2.21. The Hall–Kier alpha value is 0.0774. The van der Waals surface area contributed by atoms with Crippen LogP contribution in [0.2, 0.25) is 0 Å². The molecule has 10 heavy (non-hydrogen) atoms. The summed E-state index contributed by atoms with van der Waals surface area (Å²) in [4.78, 5) is 0. The molecule has 3 radical (unpaired) electrons. The first-order chi connectivity index (χ1) is 4.45. The SMILES string of the molecule is [CH]1[CH]C2C=CC([CH]1)C=C2.[Li+]. The molecule has 0 aromatic rings. The number of allylic oxidation sites excluding steroid dienone is 4. The van der Waals surface area contributed by atoms with Gasteiger partial charge in [0.2, 0.25) is 0 Å². The van der Waals surface area contributed by atoms with Crippen LogP contribution in [0.5, 0.6) is 0 Å². The Balaban J connectivity index is 0.000000500. The van der Waals surface area contributed by atoms with Gasteiger partial charge in [-0.2, -0.15) is 0 Å². The molecule has 0 aliphatic heterocycles. The predicted molar refractivity (Wildman–Crippen MR) is 38.2 cm³/mol. The van der Waals surface area contributed by atoms with Crippen LogP contribution in [0.4, 0.5) is 0 Å². The van der Waals surface area contributed by atoms with Crippen LogP contribution in [-0.4, -0.2) is 0 Å². The summed E-state index contributed by atoms with van der Waals surface area (Å²) in [5.74, 6) is 1.14. The zero-order valence-electron chi connectivity index (χ0n) is 6.20. The molecule has 0 unspecified atom stereocenters. The van der Waals surface area contributed by atoms with Gasteiger partial charge in [0.25, 0.3) is 0 Å². The van der Waals surface area contributed by atoms with E-state index in [-0.39, 0.29) is 18.9 Å². The summed E-state index contributed by atoms with van der Waals surface area (Å²) in [5, 5.41) is 0.